The molecule has 0 saturated carbocycles. The number of carboxylic acids is 1. The lowest BCUT2D eigenvalue weighted by Crippen LogP contribution is -2.45. The lowest BCUT2D eigenvalue weighted by Gasteiger charge is -2.29. The molecule has 3 rings (SSSR count). The lowest BCUT2D eigenvalue weighted by molar-refractivity contribution is -0.176. The van der Waals surface area contributed by atoms with Crippen LogP contribution >= 0.6 is 0 Å². The Morgan fingerprint density at radius 3 is 2.79 bits per heavy atom. The first kappa shape index (κ1) is 25.5. The summed E-state index contributed by atoms with van der Waals surface area (Å²) >= 11 is 0. The molecule has 2 aromatic rings. The maximum absolute atomic E-state index is 14.2. The molecule has 34 heavy (non-hydrogen) atoms. The summed E-state index contributed by atoms with van der Waals surface area (Å²) in [5.74, 6) is -2.25. The first-order chi connectivity index (χ1) is 16.3. The molecule has 0 radical (unpaired) electrons. The van der Waals surface area contributed by atoms with Crippen molar-refractivity contribution in [2.24, 2.45) is 5.92 Å². The summed E-state index contributed by atoms with van der Waals surface area (Å²) in [4.78, 5) is 38.5. The molecule has 9 nitrogen and oxygen atoms in total. The van der Waals surface area contributed by atoms with Crippen molar-refractivity contribution in [2.75, 3.05) is 25.0 Å². The molecule has 184 valence electrons. The first-order valence-corrected chi connectivity index (χ1v) is 11.5. The molecule has 0 amide bonds. The van der Waals surface area contributed by atoms with E-state index in [9.17, 15) is 24.2 Å². The predicted octanol–water partition coefficient (Wildman–Crippen LogP) is 2.76. The van der Waals surface area contributed by atoms with Gasteiger partial charge in [-0.1, -0.05) is 13.0 Å². The van der Waals surface area contributed by atoms with Crippen molar-refractivity contribution in [1.29, 1.82) is 0 Å². The van der Waals surface area contributed by atoms with Gasteiger partial charge in [-0.3, -0.25) is 9.78 Å². The van der Waals surface area contributed by atoms with Crippen molar-refractivity contribution >= 4 is 17.8 Å². The Balaban J connectivity index is 1.70. The third kappa shape index (κ3) is 6.48. The van der Waals surface area contributed by atoms with Crippen LogP contribution in [0.3, 0.4) is 0 Å². The van der Waals surface area contributed by atoms with Crippen molar-refractivity contribution in [2.45, 2.75) is 52.0 Å². The molecule has 2 aromatic heterocycles. The molecule has 0 saturated heterocycles. The van der Waals surface area contributed by atoms with Gasteiger partial charge in [0.05, 0.1) is 5.69 Å². The SMILES string of the molecule is Cc1nccc(F)c1C(=O)ON(C[C@@H](C)CCc1ccc2c(n1)NCCC2)[C@H](CCO)C(=O)O. The van der Waals surface area contributed by atoms with E-state index in [-0.39, 0.29) is 30.1 Å². The van der Waals surface area contributed by atoms with E-state index < -0.39 is 30.4 Å². The highest BCUT2D eigenvalue weighted by Gasteiger charge is 2.31. The zero-order valence-corrected chi connectivity index (χ0v) is 19.5. The number of anilines is 1. The van der Waals surface area contributed by atoms with E-state index in [4.69, 9.17) is 4.84 Å². The minimum Gasteiger partial charge on any atom is -0.480 e. The molecule has 2 atom stereocenters. The Kier molecular flexibility index (Phi) is 8.89. The highest BCUT2D eigenvalue weighted by atomic mass is 19.1. The summed E-state index contributed by atoms with van der Waals surface area (Å²) in [5.41, 5.74) is 1.91. The molecule has 0 bridgehead atoms. The fraction of sp³-hybridized carbons (Fsp3) is 0.500. The number of hydroxylamine groups is 2. The average molecular weight is 475 g/mol. The number of fused-ring (bicyclic) bond motifs is 1. The van der Waals surface area contributed by atoms with Crippen LogP contribution in [0.15, 0.2) is 24.4 Å². The molecule has 0 unspecified atom stereocenters. The first-order valence-electron chi connectivity index (χ1n) is 11.5. The third-order valence-electron chi connectivity index (χ3n) is 5.87. The second-order valence-electron chi connectivity index (χ2n) is 8.58. The van der Waals surface area contributed by atoms with E-state index in [0.29, 0.717) is 12.8 Å². The van der Waals surface area contributed by atoms with Crippen LogP contribution in [0.1, 0.15) is 53.5 Å². The van der Waals surface area contributed by atoms with Crippen LogP contribution in [0.5, 0.6) is 0 Å². The molecule has 10 heteroatoms. The van der Waals surface area contributed by atoms with E-state index in [1.54, 1.807) is 0 Å². The van der Waals surface area contributed by atoms with Crippen LogP contribution in [0.25, 0.3) is 0 Å². The highest BCUT2D eigenvalue weighted by Crippen LogP contribution is 2.22. The van der Waals surface area contributed by atoms with Crippen LogP contribution in [0.4, 0.5) is 10.2 Å². The number of aryl methyl sites for hydroxylation is 3. The van der Waals surface area contributed by atoms with E-state index >= 15 is 0 Å². The quantitative estimate of drug-likeness (QED) is 0.422. The van der Waals surface area contributed by atoms with Crippen LogP contribution in [-0.4, -0.2) is 62.9 Å². The molecule has 0 spiro atoms. The van der Waals surface area contributed by atoms with Crippen molar-refractivity contribution in [3.63, 3.8) is 0 Å². The zero-order chi connectivity index (χ0) is 24.7. The molecular weight excluding hydrogens is 443 g/mol. The average Bonchev–Trinajstić information content (AvgIpc) is 2.80. The van der Waals surface area contributed by atoms with Gasteiger partial charge < -0.3 is 20.4 Å². The molecular formula is C24H31FN4O5. The summed E-state index contributed by atoms with van der Waals surface area (Å²) in [5, 5.41) is 23.3. The number of carboxylic acid groups (broad SMARTS) is 1. The van der Waals surface area contributed by atoms with Crippen molar-refractivity contribution in [3.8, 4) is 0 Å². The number of aromatic nitrogens is 2. The number of nitrogens with one attached hydrogen (secondary N) is 1. The van der Waals surface area contributed by atoms with Gasteiger partial charge in [-0.05, 0) is 62.6 Å². The molecule has 0 fully saturated rings. The Morgan fingerprint density at radius 2 is 2.09 bits per heavy atom. The minimum absolute atomic E-state index is 0.0843. The Labute approximate surface area is 197 Å². The number of hydrogen-bond donors (Lipinski definition) is 3. The van der Waals surface area contributed by atoms with Gasteiger partial charge in [0.2, 0.25) is 0 Å². The summed E-state index contributed by atoms with van der Waals surface area (Å²) in [6, 6.07) is 3.84. The number of halogens is 1. The van der Waals surface area contributed by atoms with E-state index in [1.165, 1.54) is 18.7 Å². The maximum atomic E-state index is 14.2. The van der Waals surface area contributed by atoms with Gasteiger partial charge in [0, 0.05) is 31.6 Å². The fourth-order valence-corrected chi connectivity index (χ4v) is 3.97. The number of nitrogens with zero attached hydrogens (tertiary/aromatic N) is 3. The Hall–Kier alpha value is -3.11. The van der Waals surface area contributed by atoms with Gasteiger partial charge in [-0.2, -0.15) is 0 Å². The second kappa shape index (κ2) is 11.8. The van der Waals surface area contributed by atoms with Crippen LogP contribution in [0.2, 0.25) is 0 Å². The second-order valence-corrected chi connectivity index (χ2v) is 8.58. The van der Waals surface area contributed by atoms with Gasteiger partial charge in [-0.15, -0.1) is 5.06 Å². The van der Waals surface area contributed by atoms with Crippen molar-refractivity contribution in [1.82, 2.24) is 15.0 Å². The lowest BCUT2D eigenvalue weighted by atomic mass is 10.0. The van der Waals surface area contributed by atoms with Gasteiger partial charge in [0.15, 0.2) is 0 Å². The van der Waals surface area contributed by atoms with E-state index in [2.05, 4.69) is 21.4 Å². The number of carbonyl (C=O) groups excluding carboxylic acids is 1. The maximum Gasteiger partial charge on any atom is 0.361 e. The minimum atomic E-state index is -1.28. The fourth-order valence-electron chi connectivity index (χ4n) is 3.97. The van der Waals surface area contributed by atoms with Crippen LogP contribution < -0.4 is 5.32 Å². The Morgan fingerprint density at radius 1 is 1.29 bits per heavy atom. The van der Waals surface area contributed by atoms with Crippen LogP contribution in [0, 0.1) is 18.7 Å². The number of aliphatic hydroxyl groups is 1. The predicted molar refractivity (Wildman–Crippen MR) is 123 cm³/mol. The molecule has 3 heterocycles. The Bertz CT molecular complexity index is 999. The van der Waals surface area contributed by atoms with Crippen LogP contribution in [-0.2, 0) is 22.5 Å². The largest absolute Gasteiger partial charge is 0.480 e. The summed E-state index contributed by atoms with van der Waals surface area (Å²) in [6.45, 7) is 3.96. The summed E-state index contributed by atoms with van der Waals surface area (Å²) in [6.07, 6.45) is 4.49. The summed E-state index contributed by atoms with van der Waals surface area (Å²) in [7, 11) is 0. The zero-order valence-electron chi connectivity index (χ0n) is 19.5. The number of pyridine rings is 2. The number of rotatable bonds is 11. The monoisotopic (exact) mass is 474 g/mol. The summed E-state index contributed by atoms with van der Waals surface area (Å²) < 4.78 is 14.2. The van der Waals surface area contributed by atoms with Gasteiger partial charge in [-0.25, -0.2) is 14.2 Å². The third-order valence-corrected chi connectivity index (χ3v) is 5.87. The topological polar surface area (TPSA) is 125 Å². The number of carbonyl (C=O) groups is 2. The molecule has 1 aliphatic rings. The number of aliphatic carboxylic acids is 1. The van der Waals surface area contributed by atoms with Crippen molar-refractivity contribution < 1.29 is 29.0 Å². The van der Waals surface area contributed by atoms with E-state index in [1.807, 2.05) is 13.0 Å². The molecule has 3 N–H and O–H groups in total. The molecule has 0 aliphatic carbocycles. The normalized spacial score (nSPS) is 14.7. The smallest absolute Gasteiger partial charge is 0.361 e. The molecule has 1 aliphatic heterocycles. The number of hydrogen-bond acceptors (Lipinski definition) is 8. The van der Waals surface area contributed by atoms with Gasteiger partial charge in [0.1, 0.15) is 23.2 Å². The highest BCUT2D eigenvalue weighted by molar-refractivity contribution is 5.90. The van der Waals surface area contributed by atoms with Gasteiger partial charge in [0.25, 0.3) is 0 Å². The number of aliphatic hydroxyl groups excluding tert-OH is 1. The van der Waals surface area contributed by atoms with Gasteiger partial charge >= 0.3 is 11.9 Å². The van der Waals surface area contributed by atoms with E-state index in [0.717, 1.165) is 42.0 Å². The van der Waals surface area contributed by atoms with Crippen molar-refractivity contribution in [3.05, 3.63) is 52.7 Å². The standard InChI is InChI=1S/C24H31FN4O5/c1-15(5-7-18-8-6-17-4-3-11-27-22(17)28-18)14-29(20(10-13-30)23(31)32)34-24(33)21-16(2)26-12-9-19(21)25/h6,8-9,12,15,20,30H,3-5,7,10-11,13-14H2,1-2H3,(H,27,28)(H,31,32)/t15-,20+/m0/s1. The molecule has 0 aromatic carbocycles.